The molecule has 2 N–H and O–H groups in total. The van der Waals surface area contributed by atoms with Crippen molar-refractivity contribution in [3.8, 4) is 5.75 Å². The fourth-order valence-electron chi connectivity index (χ4n) is 5.67. The Hall–Kier alpha value is -2.70. The zero-order chi connectivity index (χ0) is 21.0. The molecule has 2 aromatic rings. The van der Waals surface area contributed by atoms with Crippen molar-refractivity contribution in [2.45, 2.75) is 38.1 Å². The second kappa shape index (κ2) is 6.93. The van der Waals surface area contributed by atoms with Gasteiger partial charge in [-0.2, -0.15) is 0 Å². The van der Waals surface area contributed by atoms with Gasteiger partial charge in [-0.15, -0.1) is 0 Å². The predicted molar refractivity (Wildman–Crippen MR) is 109 cm³/mol. The molecule has 2 aromatic carbocycles. The van der Waals surface area contributed by atoms with Gasteiger partial charge >= 0.3 is 0 Å². The minimum Gasteiger partial charge on any atom is -0.508 e. The summed E-state index contributed by atoms with van der Waals surface area (Å²) in [7, 11) is 0. The minimum atomic E-state index is -1.44. The number of nitrogens with zero attached hydrogens (tertiary/aromatic N) is 1. The Kier molecular flexibility index (Phi) is 4.45. The number of hydrogen-bond acceptors (Lipinski definition) is 5. The van der Waals surface area contributed by atoms with Crippen LogP contribution in [-0.2, 0) is 14.3 Å². The number of aliphatic hydroxyl groups is 1. The lowest BCUT2D eigenvalue weighted by molar-refractivity contribution is -0.269. The zero-order valence-electron chi connectivity index (χ0n) is 16.8. The van der Waals surface area contributed by atoms with E-state index in [9.17, 15) is 19.8 Å². The Morgan fingerprint density at radius 2 is 1.73 bits per heavy atom. The molecule has 1 aliphatic carbocycles. The number of phenols is 1. The van der Waals surface area contributed by atoms with Crippen molar-refractivity contribution in [2.75, 3.05) is 4.90 Å². The Balaban J connectivity index is 1.52. The standard InChI is InChI=1S/C24H25NO5/c1-2-15-12-18-21(23(28)25(22(18)27)16-6-4-3-5-7-16)19-13-20(30-24(15,19)29)14-8-10-17(26)11-9-14/h3-11,15,18-21,26,29H,2,12-13H2,1H3/t15-,18-,19-,20-,21-,24+/m0/s1. The lowest BCUT2D eigenvalue weighted by atomic mass is 9.64. The van der Waals surface area contributed by atoms with Crippen molar-refractivity contribution >= 4 is 17.5 Å². The molecule has 30 heavy (non-hydrogen) atoms. The van der Waals surface area contributed by atoms with E-state index in [-0.39, 0.29) is 29.6 Å². The number of imide groups is 1. The van der Waals surface area contributed by atoms with Crippen LogP contribution >= 0.6 is 0 Å². The predicted octanol–water partition coefficient (Wildman–Crippen LogP) is 3.39. The van der Waals surface area contributed by atoms with E-state index in [4.69, 9.17) is 4.74 Å². The topological polar surface area (TPSA) is 87.1 Å². The van der Waals surface area contributed by atoms with Crippen molar-refractivity contribution in [1.82, 2.24) is 0 Å². The zero-order valence-corrected chi connectivity index (χ0v) is 16.8. The summed E-state index contributed by atoms with van der Waals surface area (Å²) in [5.74, 6) is -3.41. The van der Waals surface area contributed by atoms with Gasteiger partial charge < -0.3 is 14.9 Å². The molecule has 156 valence electrons. The maximum atomic E-state index is 13.4. The first kappa shape index (κ1) is 19.3. The number of ether oxygens (including phenoxy) is 1. The van der Waals surface area contributed by atoms with E-state index in [2.05, 4.69) is 0 Å². The molecule has 0 radical (unpaired) electrons. The third-order valence-electron chi connectivity index (χ3n) is 7.14. The number of fused-ring (bicyclic) bond motifs is 3. The van der Waals surface area contributed by atoms with Crippen LogP contribution in [0.5, 0.6) is 5.75 Å². The Labute approximate surface area is 175 Å². The normalized spacial score (nSPS) is 35.4. The summed E-state index contributed by atoms with van der Waals surface area (Å²) < 4.78 is 6.21. The molecule has 5 rings (SSSR count). The lowest BCUT2D eigenvalue weighted by Gasteiger charge is -2.44. The van der Waals surface area contributed by atoms with Crippen LogP contribution in [0, 0.1) is 23.7 Å². The van der Waals surface area contributed by atoms with Crippen LogP contribution < -0.4 is 4.90 Å². The molecule has 1 saturated carbocycles. The van der Waals surface area contributed by atoms with E-state index >= 15 is 0 Å². The highest BCUT2D eigenvalue weighted by Crippen LogP contribution is 2.59. The van der Waals surface area contributed by atoms with Crippen molar-refractivity contribution in [2.24, 2.45) is 23.7 Å². The van der Waals surface area contributed by atoms with Gasteiger partial charge in [0, 0.05) is 11.8 Å². The van der Waals surface area contributed by atoms with E-state index < -0.39 is 23.5 Å². The summed E-state index contributed by atoms with van der Waals surface area (Å²) in [5.41, 5.74) is 1.42. The number of carbonyl (C=O) groups is 2. The van der Waals surface area contributed by atoms with E-state index in [1.54, 1.807) is 36.4 Å². The van der Waals surface area contributed by atoms with E-state index in [1.807, 2.05) is 25.1 Å². The highest BCUT2D eigenvalue weighted by molar-refractivity contribution is 6.22. The summed E-state index contributed by atoms with van der Waals surface area (Å²) >= 11 is 0. The maximum absolute atomic E-state index is 13.4. The number of hydrogen-bond donors (Lipinski definition) is 2. The molecule has 2 saturated heterocycles. The molecule has 0 aromatic heterocycles. The minimum absolute atomic E-state index is 0.162. The molecule has 0 spiro atoms. The summed E-state index contributed by atoms with van der Waals surface area (Å²) in [4.78, 5) is 28.0. The van der Waals surface area contributed by atoms with Gasteiger partial charge in [-0.05, 0) is 49.1 Å². The second-order valence-corrected chi connectivity index (χ2v) is 8.61. The molecule has 0 bridgehead atoms. The summed E-state index contributed by atoms with van der Waals surface area (Å²) in [6.07, 6.45) is 1.16. The number of benzene rings is 2. The first-order chi connectivity index (χ1) is 14.4. The van der Waals surface area contributed by atoms with Crippen molar-refractivity contribution in [1.29, 1.82) is 0 Å². The third-order valence-corrected chi connectivity index (χ3v) is 7.14. The number of carbonyl (C=O) groups excluding carboxylic acids is 2. The number of para-hydroxylation sites is 1. The fraction of sp³-hybridized carbons (Fsp3) is 0.417. The van der Waals surface area contributed by atoms with Gasteiger partial charge in [0.15, 0.2) is 5.79 Å². The van der Waals surface area contributed by atoms with Gasteiger partial charge in [0.2, 0.25) is 11.8 Å². The Morgan fingerprint density at radius 1 is 1.03 bits per heavy atom. The van der Waals surface area contributed by atoms with Crippen LogP contribution in [0.2, 0.25) is 0 Å². The smallest absolute Gasteiger partial charge is 0.238 e. The summed E-state index contributed by atoms with van der Waals surface area (Å²) in [6, 6.07) is 15.7. The number of anilines is 1. The number of aromatic hydroxyl groups is 1. The lowest BCUT2D eigenvalue weighted by Crippen LogP contribution is -2.53. The van der Waals surface area contributed by atoms with Gasteiger partial charge in [-0.1, -0.05) is 37.3 Å². The number of rotatable bonds is 3. The summed E-state index contributed by atoms with van der Waals surface area (Å²) in [6.45, 7) is 1.98. The number of amides is 2. The highest BCUT2D eigenvalue weighted by Gasteiger charge is 2.66. The monoisotopic (exact) mass is 407 g/mol. The first-order valence-corrected chi connectivity index (χ1v) is 10.6. The van der Waals surface area contributed by atoms with Crippen LogP contribution in [0.15, 0.2) is 54.6 Å². The Bertz CT molecular complexity index is 975. The van der Waals surface area contributed by atoms with Gasteiger partial charge in [-0.3, -0.25) is 14.5 Å². The van der Waals surface area contributed by atoms with Crippen molar-refractivity contribution in [3.63, 3.8) is 0 Å². The average Bonchev–Trinajstić information content (AvgIpc) is 3.22. The molecule has 3 aliphatic rings. The quantitative estimate of drug-likeness (QED) is 0.762. The molecule has 2 heterocycles. The third kappa shape index (κ3) is 2.71. The van der Waals surface area contributed by atoms with E-state index in [1.165, 1.54) is 4.90 Å². The molecule has 6 atom stereocenters. The molecular formula is C24H25NO5. The molecule has 6 nitrogen and oxygen atoms in total. The van der Waals surface area contributed by atoms with Crippen molar-refractivity contribution < 1.29 is 24.5 Å². The largest absolute Gasteiger partial charge is 0.508 e. The first-order valence-electron chi connectivity index (χ1n) is 10.6. The van der Waals surface area contributed by atoms with Gasteiger partial charge in [0.25, 0.3) is 0 Å². The Morgan fingerprint density at radius 3 is 2.40 bits per heavy atom. The molecule has 2 amide bonds. The average molecular weight is 407 g/mol. The van der Waals surface area contributed by atoms with Gasteiger partial charge in [0.1, 0.15) is 5.75 Å². The van der Waals surface area contributed by atoms with Crippen LogP contribution in [0.25, 0.3) is 0 Å². The van der Waals surface area contributed by atoms with E-state index in [0.29, 0.717) is 24.9 Å². The van der Waals surface area contributed by atoms with Crippen molar-refractivity contribution in [3.05, 3.63) is 60.2 Å². The fourth-order valence-corrected chi connectivity index (χ4v) is 5.67. The SMILES string of the molecule is CC[C@H]1C[C@@H]2C(=O)N(c3ccccc3)C(=O)[C@@H]2[C@@H]2C[C@@H](c3ccc(O)cc3)O[C@]12O. The molecular weight excluding hydrogens is 382 g/mol. The van der Waals surface area contributed by atoms with Crippen LogP contribution in [0.4, 0.5) is 5.69 Å². The second-order valence-electron chi connectivity index (χ2n) is 8.61. The molecule has 2 aliphatic heterocycles. The molecule has 6 heteroatoms. The molecule has 3 fully saturated rings. The van der Waals surface area contributed by atoms with Crippen LogP contribution in [0.3, 0.4) is 0 Å². The van der Waals surface area contributed by atoms with Gasteiger partial charge in [0.05, 0.1) is 23.6 Å². The number of phenolic OH excluding ortho intramolecular Hbond substituents is 1. The maximum Gasteiger partial charge on any atom is 0.238 e. The van der Waals surface area contributed by atoms with Crippen LogP contribution in [0.1, 0.15) is 37.9 Å². The summed E-state index contributed by atoms with van der Waals surface area (Å²) in [5, 5.41) is 21.2. The van der Waals surface area contributed by atoms with E-state index in [0.717, 1.165) is 5.56 Å². The van der Waals surface area contributed by atoms with Crippen LogP contribution in [-0.4, -0.2) is 27.8 Å². The molecule has 0 unspecified atom stereocenters. The highest BCUT2D eigenvalue weighted by atomic mass is 16.6. The van der Waals surface area contributed by atoms with Gasteiger partial charge in [-0.25, -0.2) is 0 Å².